The van der Waals surface area contributed by atoms with Crippen molar-refractivity contribution in [3.63, 3.8) is 0 Å². The Morgan fingerprint density at radius 2 is 2.03 bits per heavy atom. The van der Waals surface area contributed by atoms with Crippen LogP contribution in [0.4, 0.5) is 23.1 Å². The maximum Gasteiger partial charge on any atom is 0.254 e. The van der Waals surface area contributed by atoms with Crippen molar-refractivity contribution in [2.45, 2.75) is 25.9 Å². The van der Waals surface area contributed by atoms with Crippen molar-refractivity contribution in [2.24, 2.45) is 5.73 Å². The lowest BCUT2D eigenvalue weighted by Gasteiger charge is -2.26. The Balaban J connectivity index is 1.48. The average molecular weight is 460 g/mol. The fraction of sp³-hybridized carbons (Fsp3) is 0.320. The summed E-state index contributed by atoms with van der Waals surface area (Å²) in [5.74, 6) is 0.856. The molecule has 3 aromatic rings. The van der Waals surface area contributed by atoms with Crippen molar-refractivity contribution in [3.05, 3.63) is 64.3 Å². The number of hydrogen-bond acceptors (Lipinski definition) is 8. The summed E-state index contributed by atoms with van der Waals surface area (Å²) in [6, 6.07) is 10.3. The number of likely N-dealkylation sites (N-methyl/N-ethyl adjacent to an activating group) is 1. The Labute approximate surface area is 198 Å². The van der Waals surface area contributed by atoms with Crippen LogP contribution in [0.1, 0.15) is 32.6 Å². The van der Waals surface area contributed by atoms with Crippen molar-refractivity contribution in [1.82, 2.24) is 20.2 Å². The van der Waals surface area contributed by atoms with Gasteiger partial charge in [-0.2, -0.15) is 4.98 Å². The minimum Gasteiger partial charge on any atom is -0.495 e. The van der Waals surface area contributed by atoms with Gasteiger partial charge in [0, 0.05) is 31.5 Å². The SMILES string of the molecule is COc1cc2c(cc1Nc1ncc(C(N)=O)c(Nc3cccc4c3CCNC4)n1)CN(C)CC2. The van der Waals surface area contributed by atoms with E-state index in [4.69, 9.17) is 10.5 Å². The van der Waals surface area contributed by atoms with Crippen molar-refractivity contribution in [2.75, 3.05) is 37.9 Å². The number of ether oxygens (including phenoxy) is 1. The molecular formula is C25H29N7O2. The molecule has 0 fully saturated rings. The molecule has 1 amide bonds. The molecule has 0 atom stereocenters. The van der Waals surface area contributed by atoms with Gasteiger partial charge in [-0.15, -0.1) is 0 Å². The smallest absolute Gasteiger partial charge is 0.254 e. The number of amides is 1. The minimum absolute atomic E-state index is 0.233. The molecule has 0 unspecified atom stereocenters. The lowest BCUT2D eigenvalue weighted by atomic mass is 9.99. The second kappa shape index (κ2) is 9.28. The van der Waals surface area contributed by atoms with Gasteiger partial charge in [0.1, 0.15) is 17.1 Å². The van der Waals surface area contributed by atoms with E-state index >= 15 is 0 Å². The van der Waals surface area contributed by atoms with E-state index in [0.717, 1.165) is 56.1 Å². The molecule has 34 heavy (non-hydrogen) atoms. The first-order valence-electron chi connectivity index (χ1n) is 11.4. The number of nitrogens with zero attached hydrogens (tertiary/aromatic N) is 3. The molecular weight excluding hydrogens is 430 g/mol. The summed E-state index contributed by atoms with van der Waals surface area (Å²) in [6.45, 7) is 3.61. The average Bonchev–Trinajstić information content (AvgIpc) is 2.84. The molecule has 176 valence electrons. The Morgan fingerprint density at radius 1 is 1.15 bits per heavy atom. The van der Waals surface area contributed by atoms with E-state index in [0.29, 0.717) is 11.8 Å². The molecule has 9 heteroatoms. The first kappa shape index (κ1) is 22.1. The molecule has 2 aliphatic heterocycles. The fourth-order valence-corrected chi connectivity index (χ4v) is 4.61. The monoisotopic (exact) mass is 459 g/mol. The van der Waals surface area contributed by atoms with Crippen molar-refractivity contribution in [1.29, 1.82) is 0 Å². The maximum absolute atomic E-state index is 12.1. The zero-order valence-electron chi connectivity index (χ0n) is 19.4. The zero-order valence-corrected chi connectivity index (χ0v) is 19.4. The van der Waals surface area contributed by atoms with Gasteiger partial charge in [0.15, 0.2) is 0 Å². The molecule has 2 aliphatic rings. The largest absolute Gasteiger partial charge is 0.495 e. The molecule has 5 rings (SSSR count). The molecule has 9 nitrogen and oxygen atoms in total. The summed E-state index contributed by atoms with van der Waals surface area (Å²) in [5, 5.41) is 9.99. The highest BCUT2D eigenvalue weighted by atomic mass is 16.5. The van der Waals surface area contributed by atoms with E-state index in [1.54, 1.807) is 7.11 Å². The number of rotatable bonds is 6. The van der Waals surface area contributed by atoms with Gasteiger partial charge in [0.05, 0.1) is 12.8 Å². The third-order valence-electron chi connectivity index (χ3n) is 6.42. The number of benzene rings is 2. The number of nitrogens with one attached hydrogen (secondary N) is 3. The molecule has 5 N–H and O–H groups in total. The van der Waals surface area contributed by atoms with Crippen molar-refractivity contribution in [3.8, 4) is 5.75 Å². The van der Waals surface area contributed by atoms with Gasteiger partial charge in [0.2, 0.25) is 5.95 Å². The van der Waals surface area contributed by atoms with Gasteiger partial charge in [0.25, 0.3) is 5.91 Å². The summed E-state index contributed by atoms with van der Waals surface area (Å²) in [7, 11) is 3.77. The van der Waals surface area contributed by atoms with Crippen LogP contribution in [0, 0.1) is 0 Å². The van der Waals surface area contributed by atoms with Crippen LogP contribution in [0.3, 0.4) is 0 Å². The Bertz CT molecular complexity index is 1240. The lowest BCUT2D eigenvalue weighted by molar-refractivity contribution is 0.100. The Hall–Kier alpha value is -3.69. The second-order valence-electron chi connectivity index (χ2n) is 8.75. The van der Waals surface area contributed by atoms with E-state index in [1.165, 1.54) is 28.5 Å². The number of hydrogen-bond donors (Lipinski definition) is 4. The first-order chi connectivity index (χ1) is 16.5. The van der Waals surface area contributed by atoms with Crippen LogP contribution in [-0.2, 0) is 25.9 Å². The molecule has 3 heterocycles. The quantitative estimate of drug-likeness (QED) is 0.445. The topological polar surface area (TPSA) is 117 Å². The van der Waals surface area contributed by atoms with E-state index < -0.39 is 5.91 Å². The number of carbonyl (C=O) groups excluding carboxylic acids is 1. The van der Waals surface area contributed by atoms with Crippen LogP contribution in [0.25, 0.3) is 0 Å². The van der Waals surface area contributed by atoms with E-state index in [-0.39, 0.29) is 5.56 Å². The summed E-state index contributed by atoms with van der Waals surface area (Å²) in [5.41, 5.74) is 12.5. The molecule has 0 saturated carbocycles. The van der Waals surface area contributed by atoms with E-state index in [2.05, 4.69) is 56.1 Å². The van der Waals surface area contributed by atoms with Gasteiger partial charge in [-0.05, 0) is 66.9 Å². The number of primary amides is 1. The van der Waals surface area contributed by atoms with E-state index in [9.17, 15) is 4.79 Å². The van der Waals surface area contributed by atoms with Crippen LogP contribution < -0.4 is 26.4 Å². The summed E-state index contributed by atoms with van der Waals surface area (Å²) in [4.78, 5) is 23.4. The molecule has 0 bridgehead atoms. The highest BCUT2D eigenvalue weighted by Gasteiger charge is 2.20. The predicted octanol–water partition coefficient (Wildman–Crippen LogP) is 2.70. The number of carbonyl (C=O) groups is 1. The summed E-state index contributed by atoms with van der Waals surface area (Å²) >= 11 is 0. The fourth-order valence-electron chi connectivity index (χ4n) is 4.61. The van der Waals surface area contributed by atoms with E-state index in [1.807, 2.05) is 12.1 Å². The Kier molecular flexibility index (Phi) is 6.04. The number of aromatic nitrogens is 2. The van der Waals surface area contributed by atoms with Crippen LogP contribution >= 0.6 is 0 Å². The van der Waals surface area contributed by atoms with Gasteiger partial charge < -0.3 is 31.3 Å². The lowest BCUT2D eigenvalue weighted by Crippen LogP contribution is -2.26. The molecule has 2 aromatic carbocycles. The van der Waals surface area contributed by atoms with Gasteiger partial charge in [-0.1, -0.05) is 12.1 Å². The number of methoxy groups -OCH3 is 1. The molecule has 0 aliphatic carbocycles. The number of fused-ring (bicyclic) bond motifs is 2. The molecule has 0 radical (unpaired) electrons. The Morgan fingerprint density at radius 3 is 2.85 bits per heavy atom. The van der Waals surface area contributed by atoms with Gasteiger partial charge in [-0.3, -0.25) is 4.79 Å². The van der Waals surface area contributed by atoms with Crippen molar-refractivity contribution >= 4 is 29.0 Å². The maximum atomic E-state index is 12.1. The van der Waals surface area contributed by atoms with Crippen molar-refractivity contribution < 1.29 is 9.53 Å². The predicted molar refractivity (Wildman–Crippen MR) is 132 cm³/mol. The zero-order chi connectivity index (χ0) is 23.7. The van der Waals surface area contributed by atoms with Crippen LogP contribution in [-0.4, -0.2) is 48.0 Å². The summed E-state index contributed by atoms with van der Waals surface area (Å²) in [6.07, 6.45) is 3.33. The molecule has 1 aromatic heterocycles. The highest BCUT2D eigenvalue weighted by molar-refractivity contribution is 5.98. The van der Waals surface area contributed by atoms with Crippen LogP contribution in [0.2, 0.25) is 0 Å². The standard InChI is InChI=1S/C25H29N7O2/c1-32-9-7-15-11-22(34-2)21(10-17(15)14-32)30-25-28-13-19(23(26)33)24(31-25)29-20-5-3-4-16-12-27-8-6-18(16)20/h3-5,10-11,13,27H,6-9,12,14H2,1-2H3,(H2,26,33)(H2,28,29,30,31). The normalized spacial score (nSPS) is 15.2. The van der Waals surface area contributed by atoms with Gasteiger partial charge in [-0.25, -0.2) is 4.98 Å². The minimum atomic E-state index is -0.588. The number of nitrogens with two attached hydrogens (primary N) is 1. The highest BCUT2D eigenvalue weighted by Crippen LogP contribution is 2.33. The second-order valence-corrected chi connectivity index (χ2v) is 8.75. The molecule has 0 spiro atoms. The molecule has 0 saturated heterocycles. The number of anilines is 4. The first-order valence-corrected chi connectivity index (χ1v) is 11.4. The van der Waals surface area contributed by atoms with Gasteiger partial charge >= 0.3 is 0 Å². The third kappa shape index (κ3) is 4.40. The third-order valence-corrected chi connectivity index (χ3v) is 6.42. The summed E-state index contributed by atoms with van der Waals surface area (Å²) < 4.78 is 5.63. The van der Waals surface area contributed by atoms with Crippen LogP contribution in [0.15, 0.2) is 36.5 Å². The van der Waals surface area contributed by atoms with Crippen LogP contribution in [0.5, 0.6) is 5.75 Å².